The molecule has 0 saturated carbocycles. The van der Waals surface area contributed by atoms with Crippen LogP contribution in [-0.2, 0) is 0 Å². The van der Waals surface area contributed by atoms with Crippen LogP contribution in [0.5, 0.6) is 0 Å². The van der Waals surface area contributed by atoms with Gasteiger partial charge in [0.2, 0.25) is 0 Å². The first kappa shape index (κ1) is 10.4. The minimum atomic E-state index is -1.46. The van der Waals surface area contributed by atoms with Gasteiger partial charge < -0.3 is 9.97 Å². The lowest BCUT2D eigenvalue weighted by atomic mass is 10.5. The van der Waals surface area contributed by atoms with Crippen LogP contribution in [0.1, 0.15) is 0 Å². The van der Waals surface area contributed by atoms with Crippen molar-refractivity contribution in [1.82, 2.24) is 9.97 Å². The van der Waals surface area contributed by atoms with Crippen LogP contribution in [0.15, 0.2) is 15.0 Å². The predicted molar refractivity (Wildman–Crippen MR) is 66.0 cm³/mol. The lowest BCUT2D eigenvalue weighted by Gasteiger charge is -2.13. The van der Waals surface area contributed by atoms with Gasteiger partial charge in [0.15, 0.2) is 0 Å². The van der Waals surface area contributed by atoms with Gasteiger partial charge in [-0.2, -0.15) is 0 Å². The molecule has 0 bridgehead atoms. The maximum atomic E-state index is 11.2. The van der Waals surface area contributed by atoms with Crippen LogP contribution in [0.25, 0.3) is 11.0 Å². The highest BCUT2D eigenvalue weighted by molar-refractivity contribution is 7.27. The van der Waals surface area contributed by atoms with Gasteiger partial charge in [0.05, 0.1) is 19.1 Å². The Morgan fingerprint density at radius 3 is 2.33 bits per heavy atom. The van der Waals surface area contributed by atoms with Gasteiger partial charge >= 0.3 is 11.1 Å². The summed E-state index contributed by atoms with van der Waals surface area (Å²) in [5.41, 5.74) is 0.397. The summed E-state index contributed by atoms with van der Waals surface area (Å²) in [7, 11) is -1.46. The minimum absolute atomic E-state index is 0.569. The predicted octanol–water partition coefficient (Wildman–Crippen LogP) is 0.823. The number of hydrogen-bond donors (Lipinski definition) is 2. The number of rotatable bonds is 1. The molecule has 0 spiro atoms. The first-order chi connectivity index (χ1) is 6.89. The largest absolute Gasteiger partial charge is 0.315 e. The van der Waals surface area contributed by atoms with Crippen molar-refractivity contribution in [3.05, 3.63) is 26.1 Å². The van der Waals surface area contributed by atoms with E-state index in [1.165, 1.54) is 4.50 Å². The molecule has 2 rings (SSSR count). The number of H-pyrrole nitrogens is 2. The highest BCUT2D eigenvalue weighted by Crippen LogP contribution is 2.15. The van der Waals surface area contributed by atoms with E-state index in [-0.39, 0.29) is 0 Å². The van der Waals surface area contributed by atoms with Crippen LogP contribution >= 0.6 is 11.3 Å². The summed E-state index contributed by atoms with van der Waals surface area (Å²) in [6, 6.07) is 0. The zero-order valence-corrected chi connectivity index (χ0v) is 10.6. The van der Waals surface area contributed by atoms with Gasteiger partial charge in [0.1, 0.15) is 0 Å². The van der Waals surface area contributed by atoms with E-state index in [2.05, 4.69) is 29.6 Å². The Morgan fingerprint density at radius 1 is 1.13 bits per heavy atom. The standard InChI is InChI=1S/C9H12N2O2SSi/c1-15(2,3)9-6-5(4-14-9)10-7(12)8(13)11-6/h4H,1-3H3,(H,10,12)(H,11,13). The number of aromatic amines is 2. The smallest absolute Gasteiger partial charge is 0.314 e. The van der Waals surface area contributed by atoms with Gasteiger partial charge in [0.25, 0.3) is 0 Å². The molecule has 2 N–H and O–H groups in total. The fraction of sp³-hybridized carbons (Fsp3) is 0.333. The first-order valence-corrected chi connectivity index (χ1v) is 9.02. The molecule has 15 heavy (non-hydrogen) atoms. The minimum Gasteiger partial charge on any atom is -0.315 e. The van der Waals surface area contributed by atoms with Crippen LogP contribution < -0.4 is 15.6 Å². The van der Waals surface area contributed by atoms with Crippen molar-refractivity contribution in [1.29, 1.82) is 0 Å². The SMILES string of the molecule is C[Si](C)(C)c1scc2[nH]c(=O)c(=O)[nH]c12. The van der Waals surface area contributed by atoms with E-state index < -0.39 is 19.2 Å². The number of fused-ring (bicyclic) bond motifs is 1. The van der Waals surface area contributed by atoms with Crippen LogP contribution in [0.2, 0.25) is 19.6 Å². The van der Waals surface area contributed by atoms with Crippen molar-refractivity contribution >= 4 is 34.9 Å². The number of nitrogens with one attached hydrogen (secondary N) is 2. The van der Waals surface area contributed by atoms with E-state index in [0.717, 1.165) is 11.0 Å². The lowest BCUT2D eigenvalue weighted by Crippen LogP contribution is -2.38. The Kier molecular flexibility index (Phi) is 2.20. The fourth-order valence-corrected chi connectivity index (χ4v) is 4.70. The van der Waals surface area contributed by atoms with Crippen LogP contribution in [0, 0.1) is 0 Å². The Bertz CT molecular complexity index is 617. The summed E-state index contributed by atoms with van der Waals surface area (Å²) in [4.78, 5) is 27.6. The molecule has 0 amide bonds. The molecule has 4 nitrogen and oxygen atoms in total. The second-order valence-corrected chi connectivity index (χ2v) is 10.8. The second kappa shape index (κ2) is 3.18. The Hall–Kier alpha value is -1.14. The van der Waals surface area contributed by atoms with E-state index in [9.17, 15) is 9.59 Å². The average molecular weight is 240 g/mol. The van der Waals surface area contributed by atoms with E-state index >= 15 is 0 Å². The van der Waals surface area contributed by atoms with E-state index in [1.54, 1.807) is 11.3 Å². The third-order valence-corrected chi connectivity index (χ3v) is 6.76. The lowest BCUT2D eigenvalue weighted by molar-refractivity contribution is 1.15. The molecule has 6 heteroatoms. The van der Waals surface area contributed by atoms with Crippen LogP contribution in [-0.4, -0.2) is 18.0 Å². The molecule has 0 fully saturated rings. The molecule has 0 aliphatic carbocycles. The van der Waals surface area contributed by atoms with Crippen molar-refractivity contribution in [2.24, 2.45) is 0 Å². The summed E-state index contributed by atoms with van der Waals surface area (Å²) in [6.45, 7) is 6.63. The summed E-state index contributed by atoms with van der Waals surface area (Å²) in [5, 5.41) is 1.89. The molecule has 0 saturated heterocycles. The van der Waals surface area contributed by atoms with Crippen molar-refractivity contribution in [2.45, 2.75) is 19.6 Å². The first-order valence-electron chi connectivity index (χ1n) is 4.64. The van der Waals surface area contributed by atoms with Crippen molar-refractivity contribution in [2.75, 3.05) is 0 Å². The number of aromatic nitrogens is 2. The molecule has 0 unspecified atom stereocenters. The zero-order chi connectivity index (χ0) is 11.2. The van der Waals surface area contributed by atoms with Crippen molar-refractivity contribution < 1.29 is 0 Å². The van der Waals surface area contributed by atoms with Gasteiger partial charge in [-0.15, -0.1) is 11.3 Å². The zero-order valence-electron chi connectivity index (χ0n) is 8.80. The topological polar surface area (TPSA) is 65.7 Å². The van der Waals surface area contributed by atoms with Gasteiger partial charge in [0, 0.05) is 9.88 Å². The quantitative estimate of drug-likeness (QED) is 0.572. The van der Waals surface area contributed by atoms with Crippen molar-refractivity contribution in [3.63, 3.8) is 0 Å². The molecule has 2 aromatic heterocycles. The summed E-state index contributed by atoms with van der Waals surface area (Å²) >= 11 is 1.61. The molecule has 0 atom stereocenters. The highest BCUT2D eigenvalue weighted by atomic mass is 32.1. The maximum Gasteiger partial charge on any atom is 0.314 e. The summed E-state index contributed by atoms with van der Waals surface area (Å²) in [5.74, 6) is 0. The molecular formula is C9H12N2O2SSi. The second-order valence-electron chi connectivity index (χ2n) is 4.51. The van der Waals surface area contributed by atoms with Gasteiger partial charge in [-0.25, -0.2) is 0 Å². The Balaban J connectivity index is 2.87. The molecule has 0 aliphatic heterocycles. The molecule has 0 aliphatic rings. The average Bonchev–Trinajstić information content (AvgIpc) is 2.47. The molecule has 0 aromatic carbocycles. The van der Waals surface area contributed by atoms with E-state index in [1.807, 2.05) is 5.38 Å². The van der Waals surface area contributed by atoms with Gasteiger partial charge in [-0.3, -0.25) is 9.59 Å². The van der Waals surface area contributed by atoms with E-state index in [4.69, 9.17) is 0 Å². The normalized spacial score (nSPS) is 12.2. The third-order valence-electron chi connectivity index (χ3n) is 2.17. The maximum absolute atomic E-state index is 11.2. The molecule has 80 valence electrons. The van der Waals surface area contributed by atoms with Crippen LogP contribution in [0.4, 0.5) is 0 Å². The van der Waals surface area contributed by atoms with Gasteiger partial charge in [-0.05, 0) is 0 Å². The number of thiophene rings is 1. The Morgan fingerprint density at radius 2 is 1.73 bits per heavy atom. The van der Waals surface area contributed by atoms with E-state index in [0.29, 0.717) is 0 Å². The molecule has 2 heterocycles. The van der Waals surface area contributed by atoms with Gasteiger partial charge in [-0.1, -0.05) is 19.6 Å². The highest BCUT2D eigenvalue weighted by Gasteiger charge is 2.22. The Labute approximate surface area is 91.0 Å². The van der Waals surface area contributed by atoms with Crippen LogP contribution in [0.3, 0.4) is 0 Å². The third kappa shape index (κ3) is 1.70. The molecular weight excluding hydrogens is 228 g/mol. The molecule has 2 aromatic rings. The fourth-order valence-electron chi connectivity index (χ4n) is 1.48. The number of hydrogen-bond acceptors (Lipinski definition) is 3. The summed E-state index contributed by atoms with van der Waals surface area (Å²) < 4.78 is 1.21. The molecule has 0 radical (unpaired) electrons. The van der Waals surface area contributed by atoms with Crippen molar-refractivity contribution in [3.8, 4) is 0 Å². The monoisotopic (exact) mass is 240 g/mol. The summed E-state index contributed by atoms with van der Waals surface area (Å²) in [6.07, 6.45) is 0.